The maximum atomic E-state index is 12.0. The lowest BCUT2D eigenvalue weighted by molar-refractivity contribution is 0.0510. The molecule has 0 N–H and O–H groups in total. The fourth-order valence-electron chi connectivity index (χ4n) is 3.59. The Kier molecular flexibility index (Phi) is 2.06. The van der Waals surface area contributed by atoms with Crippen LogP contribution in [0, 0.1) is 0 Å². The summed E-state index contributed by atoms with van der Waals surface area (Å²) in [7, 11) is 0. The average Bonchev–Trinajstić information content (AvgIpc) is 3.14. The number of benzene rings is 2. The molecule has 0 spiro atoms. The van der Waals surface area contributed by atoms with Gasteiger partial charge in [-0.2, -0.15) is 0 Å². The molecule has 1 fully saturated rings. The van der Waals surface area contributed by atoms with Crippen LogP contribution in [-0.4, -0.2) is 12.6 Å². The molecular formula is C18H12O3. The van der Waals surface area contributed by atoms with Gasteiger partial charge in [-0.25, -0.2) is 0 Å². The molecule has 0 saturated carbocycles. The van der Waals surface area contributed by atoms with Gasteiger partial charge < -0.3 is 9.47 Å². The first-order chi connectivity index (χ1) is 10.3. The summed E-state index contributed by atoms with van der Waals surface area (Å²) in [6.45, 7) is 0.269. The molecule has 1 heterocycles. The van der Waals surface area contributed by atoms with Crippen molar-refractivity contribution >= 4 is 17.6 Å². The summed E-state index contributed by atoms with van der Waals surface area (Å²) >= 11 is 0. The molecule has 0 amide bonds. The third kappa shape index (κ3) is 1.34. The molecule has 1 aliphatic heterocycles. The fourth-order valence-corrected chi connectivity index (χ4v) is 3.59. The zero-order valence-electron chi connectivity index (χ0n) is 11.3. The number of Topliss-reactive ketones (excluding diaryl/α,β-unsaturated/α-hetero) is 1. The highest BCUT2D eigenvalue weighted by Gasteiger charge is 2.34. The van der Waals surface area contributed by atoms with Crippen molar-refractivity contribution in [3.63, 3.8) is 0 Å². The first-order valence-corrected chi connectivity index (χ1v) is 7.09. The van der Waals surface area contributed by atoms with Crippen LogP contribution in [0.1, 0.15) is 28.4 Å². The third-order valence-electron chi connectivity index (χ3n) is 4.50. The minimum Gasteiger partial charge on any atom is -0.468 e. The van der Waals surface area contributed by atoms with Crippen molar-refractivity contribution in [2.24, 2.45) is 0 Å². The lowest BCUT2D eigenvalue weighted by atomic mass is 9.87. The first kappa shape index (κ1) is 11.3. The van der Waals surface area contributed by atoms with Gasteiger partial charge in [0.2, 0.25) is 0 Å². The molecule has 2 aliphatic carbocycles. The van der Waals surface area contributed by atoms with Gasteiger partial charge >= 0.3 is 0 Å². The standard InChI is InChI=1S/C18H12O3/c19-15-8-7-13-11(15)5-6-12-10-3-1-2-4-14(10)17-18(16(12)13)21-9-20-17/h1-7,17H,8-9H2. The molecular weight excluding hydrogens is 264 g/mol. The van der Waals surface area contributed by atoms with Gasteiger partial charge in [0.1, 0.15) is 11.9 Å². The molecule has 1 unspecified atom stereocenters. The van der Waals surface area contributed by atoms with E-state index in [-0.39, 0.29) is 18.7 Å². The topological polar surface area (TPSA) is 35.5 Å². The van der Waals surface area contributed by atoms with Gasteiger partial charge in [0.15, 0.2) is 12.6 Å². The van der Waals surface area contributed by atoms with Gasteiger partial charge in [0.25, 0.3) is 0 Å². The van der Waals surface area contributed by atoms with Crippen molar-refractivity contribution in [3.8, 4) is 11.1 Å². The van der Waals surface area contributed by atoms with Crippen LogP contribution in [0.3, 0.4) is 0 Å². The van der Waals surface area contributed by atoms with Crippen molar-refractivity contribution < 1.29 is 14.3 Å². The maximum absolute atomic E-state index is 12.0. The van der Waals surface area contributed by atoms with Crippen LogP contribution in [0.15, 0.2) is 36.4 Å². The Morgan fingerprint density at radius 3 is 2.81 bits per heavy atom. The Morgan fingerprint density at radius 2 is 1.86 bits per heavy atom. The lowest BCUT2D eigenvalue weighted by Crippen LogP contribution is -2.34. The van der Waals surface area contributed by atoms with Crippen LogP contribution in [0.5, 0.6) is 0 Å². The van der Waals surface area contributed by atoms with E-state index in [0.717, 1.165) is 32.9 Å². The van der Waals surface area contributed by atoms with Crippen LogP contribution in [0.4, 0.5) is 0 Å². The predicted molar refractivity (Wildman–Crippen MR) is 77.7 cm³/mol. The van der Waals surface area contributed by atoms with E-state index in [4.69, 9.17) is 9.47 Å². The molecule has 0 bridgehead atoms. The third-order valence-corrected chi connectivity index (χ3v) is 4.50. The van der Waals surface area contributed by atoms with Crippen LogP contribution in [0.25, 0.3) is 23.0 Å². The summed E-state index contributed by atoms with van der Waals surface area (Å²) < 4.78 is 11.5. The number of ether oxygens (including phenoxy) is 2. The number of rotatable bonds is 0. The quantitative estimate of drug-likeness (QED) is 0.737. The molecule has 1 atom stereocenters. The van der Waals surface area contributed by atoms with Crippen molar-refractivity contribution in [1.82, 2.24) is 0 Å². The Hall–Kier alpha value is -2.39. The summed E-state index contributed by atoms with van der Waals surface area (Å²) in [4.78, 5) is 12.0. The number of fused-ring (bicyclic) bond motifs is 7. The van der Waals surface area contributed by atoms with Crippen molar-refractivity contribution in [2.45, 2.75) is 12.5 Å². The molecule has 1 saturated heterocycles. The second-order valence-electron chi connectivity index (χ2n) is 5.54. The van der Waals surface area contributed by atoms with Crippen LogP contribution < -0.4 is 10.4 Å². The minimum absolute atomic E-state index is 0.149. The Morgan fingerprint density at radius 1 is 1.00 bits per heavy atom. The molecule has 3 heteroatoms. The van der Waals surface area contributed by atoms with E-state index in [2.05, 4.69) is 12.1 Å². The highest BCUT2D eigenvalue weighted by molar-refractivity contribution is 6.03. The molecule has 102 valence electrons. The van der Waals surface area contributed by atoms with Gasteiger partial charge in [-0.05, 0) is 21.9 Å². The zero-order chi connectivity index (χ0) is 14.0. The summed E-state index contributed by atoms with van der Waals surface area (Å²) in [5, 5.41) is 2.05. The van der Waals surface area contributed by atoms with Gasteiger partial charge in [-0.3, -0.25) is 4.79 Å². The smallest absolute Gasteiger partial charge is 0.190 e. The van der Waals surface area contributed by atoms with Gasteiger partial charge in [0.05, 0.1) is 0 Å². The predicted octanol–water partition coefficient (Wildman–Crippen LogP) is 1.89. The van der Waals surface area contributed by atoms with Crippen molar-refractivity contribution in [1.29, 1.82) is 0 Å². The molecule has 3 nitrogen and oxygen atoms in total. The van der Waals surface area contributed by atoms with Crippen LogP contribution >= 0.6 is 0 Å². The minimum atomic E-state index is -0.149. The molecule has 2 aromatic carbocycles. The highest BCUT2D eigenvalue weighted by Crippen LogP contribution is 2.40. The normalized spacial score (nSPS) is 21.0. The Bertz CT molecular complexity index is 924. The Labute approximate surface area is 121 Å². The number of carbonyl (C=O) groups is 1. The largest absolute Gasteiger partial charge is 0.468 e. The monoisotopic (exact) mass is 276 g/mol. The first-order valence-electron chi connectivity index (χ1n) is 7.09. The second kappa shape index (κ2) is 3.83. The molecule has 5 rings (SSSR count). The summed E-state index contributed by atoms with van der Waals surface area (Å²) in [6, 6.07) is 12.2. The number of ketones is 1. The van der Waals surface area contributed by atoms with Gasteiger partial charge in [-0.15, -0.1) is 0 Å². The van der Waals surface area contributed by atoms with E-state index in [0.29, 0.717) is 6.42 Å². The fraction of sp³-hybridized carbons (Fsp3) is 0.167. The number of hydrogen-bond donors (Lipinski definition) is 0. The summed E-state index contributed by atoms with van der Waals surface area (Å²) in [5.41, 5.74) is 4.24. The zero-order valence-corrected chi connectivity index (χ0v) is 11.3. The molecule has 3 aliphatic rings. The van der Waals surface area contributed by atoms with E-state index >= 15 is 0 Å². The van der Waals surface area contributed by atoms with Gasteiger partial charge in [0, 0.05) is 17.2 Å². The lowest BCUT2D eigenvalue weighted by Gasteiger charge is -2.21. The second-order valence-corrected chi connectivity index (χ2v) is 5.54. The van der Waals surface area contributed by atoms with Crippen molar-refractivity contribution in [2.75, 3.05) is 6.79 Å². The van der Waals surface area contributed by atoms with Crippen molar-refractivity contribution in [3.05, 3.63) is 58.0 Å². The Balaban J connectivity index is 2.00. The molecule has 0 aromatic heterocycles. The summed E-state index contributed by atoms with van der Waals surface area (Å²) in [5.74, 6) is 1.04. The molecule has 2 aromatic rings. The highest BCUT2D eigenvalue weighted by atomic mass is 16.7. The molecule has 0 radical (unpaired) electrons. The van der Waals surface area contributed by atoms with E-state index in [1.165, 1.54) is 5.56 Å². The SMILES string of the molecule is O=C1CC=c2c1ccc1c2=C2OCOC2c2ccccc2-1. The van der Waals surface area contributed by atoms with E-state index < -0.39 is 0 Å². The van der Waals surface area contributed by atoms with Crippen LogP contribution in [0.2, 0.25) is 0 Å². The van der Waals surface area contributed by atoms with Crippen LogP contribution in [-0.2, 0) is 9.47 Å². The van der Waals surface area contributed by atoms with E-state index in [9.17, 15) is 4.79 Å². The molecule has 21 heavy (non-hydrogen) atoms. The van der Waals surface area contributed by atoms with E-state index in [1.54, 1.807) is 0 Å². The average molecular weight is 276 g/mol. The summed E-state index contributed by atoms with van der Waals surface area (Å²) in [6.07, 6.45) is 2.34. The number of carbonyl (C=O) groups excluding carboxylic acids is 1. The number of hydrogen-bond acceptors (Lipinski definition) is 3. The van der Waals surface area contributed by atoms with E-state index in [1.807, 2.05) is 30.3 Å². The van der Waals surface area contributed by atoms with Gasteiger partial charge in [-0.1, -0.05) is 42.5 Å². The maximum Gasteiger partial charge on any atom is 0.190 e.